The first-order valence-electron chi connectivity index (χ1n) is 10.3. The molecule has 0 heterocycles. The predicted octanol–water partition coefficient (Wildman–Crippen LogP) is 3.02. The third-order valence-electron chi connectivity index (χ3n) is 5.16. The summed E-state index contributed by atoms with van der Waals surface area (Å²) in [4.78, 5) is 0. The second-order valence-electron chi connectivity index (χ2n) is 7.02. The van der Waals surface area contributed by atoms with Crippen LogP contribution in [0.15, 0.2) is 127 Å². The quantitative estimate of drug-likeness (QED) is 0.201. The van der Waals surface area contributed by atoms with Gasteiger partial charge in [0.05, 0.1) is 6.61 Å². The van der Waals surface area contributed by atoms with Crippen molar-refractivity contribution in [1.82, 2.24) is 0 Å². The van der Waals surface area contributed by atoms with Gasteiger partial charge in [0.25, 0.3) is 0 Å². The van der Waals surface area contributed by atoms with Gasteiger partial charge in [-0.1, -0.05) is 84.9 Å². The molecular weight excluding hydrogens is 510 g/mol. The van der Waals surface area contributed by atoms with E-state index in [0.717, 1.165) is 11.3 Å². The summed E-state index contributed by atoms with van der Waals surface area (Å²) in [5.41, 5.74) is 1.10. The molecule has 0 spiro atoms. The Morgan fingerprint density at radius 3 is 1.32 bits per heavy atom. The zero-order valence-electron chi connectivity index (χ0n) is 17.6. The summed E-state index contributed by atoms with van der Waals surface area (Å²) in [7, 11) is -2.09. The summed E-state index contributed by atoms with van der Waals surface area (Å²) in [5, 5.41) is 3.95. The van der Waals surface area contributed by atoms with Crippen LogP contribution in [0.1, 0.15) is 12.5 Å². The third-order valence-corrected chi connectivity index (χ3v) is 9.12. The van der Waals surface area contributed by atoms with E-state index < -0.39 is 7.26 Å². The summed E-state index contributed by atoms with van der Waals surface area (Å²) < 4.78 is 6.24. The molecule has 0 atom stereocenters. The number of hydrogen-bond acceptors (Lipinski definition) is 1. The standard InChI is InChI=1S/C28H26OP.HI/c1-2-29-28(24-15-7-3-8-16-24)23-30(25-17-9-4-10-18-25,26-19-11-5-12-20-26)27-21-13-6-14-22-27;/h3-23H,2H2,1H3;1H/q+1;/p-1/b28-23+;. The van der Waals surface area contributed by atoms with Gasteiger partial charge in [0.15, 0.2) is 5.76 Å². The van der Waals surface area contributed by atoms with Gasteiger partial charge in [-0.2, -0.15) is 0 Å². The van der Waals surface area contributed by atoms with Gasteiger partial charge in [0.2, 0.25) is 0 Å². The van der Waals surface area contributed by atoms with Crippen molar-refractivity contribution in [3.8, 4) is 0 Å². The monoisotopic (exact) mass is 536 g/mol. The maximum absolute atomic E-state index is 6.24. The average molecular weight is 536 g/mol. The maximum Gasteiger partial charge on any atom is 0.162 e. The van der Waals surface area contributed by atoms with E-state index in [2.05, 4.69) is 121 Å². The van der Waals surface area contributed by atoms with Gasteiger partial charge >= 0.3 is 0 Å². The fourth-order valence-electron chi connectivity index (χ4n) is 3.79. The number of rotatable bonds is 7. The molecule has 0 saturated carbocycles. The summed E-state index contributed by atoms with van der Waals surface area (Å²) in [5.74, 6) is 3.33. The molecule has 0 bridgehead atoms. The fraction of sp³-hybridized carbons (Fsp3) is 0.0714. The first-order valence-corrected chi connectivity index (χ1v) is 12.2. The van der Waals surface area contributed by atoms with E-state index in [4.69, 9.17) is 4.74 Å². The lowest BCUT2D eigenvalue weighted by Crippen LogP contribution is -3.00. The molecule has 0 saturated heterocycles. The lowest BCUT2D eigenvalue weighted by Gasteiger charge is -2.25. The van der Waals surface area contributed by atoms with Gasteiger partial charge in [0.1, 0.15) is 29.0 Å². The minimum atomic E-state index is -2.09. The number of halogens is 1. The van der Waals surface area contributed by atoms with Gasteiger partial charge in [-0.3, -0.25) is 0 Å². The number of ether oxygens (including phenoxy) is 1. The lowest BCUT2D eigenvalue weighted by atomic mass is 10.2. The highest BCUT2D eigenvalue weighted by Gasteiger charge is 2.44. The molecule has 156 valence electrons. The molecular formula is C28H26IOP. The molecule has 31 heavy (non-hydrogen) atoms. The van der Waals surface area contributed by atoms with Crippen LogP contribution >= 0.6 is 7.26 Å². The predicted molar refractivity (Wildman–Crippen MR) is 131 cm³/mol. The second kappa shape index (κ2) is 11.3. The topological polar surface area (TPSA) is 9.23 Å². The molecule has 0 fully saturated rings. The van der Waals surface area contributed by atoms with Crippen molar-refractivity contribution in [3.05, 3.63) is 133 Å². The van der Waals surface area contributed by atoms with Crippen molar-refractivity contribution in [2.45, 2.75) is 6.92 Å². The van der Waals surface area contributed by atoms with E-state index in [1.165, 1.54) is 15.9 Å². The van der Waals surface area contributed by atoms with Crippen LogP contribution in [0.3, 0.4) is 0 Å². The molecule has 0 unspecified atom stereocenters. The molecule has 0 aliphatic heterocycles. The smallest absolute Gasteiger partial charge is 0.162 e. The molecule has 0 aromatic heterocycles. The Labute approximate surface area is 203 Å². The van der Waals surface area contributed by atoms with Crippen LogP contribution in [0.2, 0.25) is 0 Å². The minimum absolute atomic E-state index is 0. The SMILES string of the molecule is CCO/C(=C/[P+](c1ccccc1)(c1ccccc1)c1ccccc1)c1ccccc1.[I-]. The highest BCUT2D eigenvalue weighted by Crippen LogP contribution is 2.58. The summed E-state index contributed by atoms with van der Waals surface area (Å²) in [6, 6.07) is 42.9. The largest absolute Gasteiger partial charge is 1.00 e. The summed E-state index contributed by atoms with van der Waals surface area (Å²) in [6.45, 7) is 2.67. The first kappa shape index (κ1) is 23.2. The third kappa shape index (κ3) is 5.08. The van der Waals surface area contributed by atoms with Gasteiger partial charge in [-0.05, 0) is 43.3 Å². The van der Waals surface area contributed by atoms with Crippen molar-refractivity contribution in [1.29, 1.82) is 0 Å². The van der Waals surface area contributed by atoms with Gasteiger partial charge in [-0.25, -0.2) is 0 Å². The Balaban J connectivity index is 0.00000272. The maximum atomic E-state index is 6.24. The van der Waals surface area contributed by atoms with Crippen molar-refractivity contribution in [2.24, 2.45) is 0 Å². The van der Waals surface area contributed by atoms with Crippen LogP contribution < -0.4 is 39.9 Å². The van der Waals surface area contributed by atoms with Crippen LogP contribution in [-0.4, -0.2) is 6.61 Å². The zero-order chi connectivity index (χ0) is 20.7. The Kier molecular flexibility index (Phi) is 8.45. The highest BCUT2D eigenvalue weighted by molar-refractivity contribution is 7.98. The second-order valence-corrected chi connectivity index (χ2v) is 10.3. The Morgan fingerprint density at radius 1 is 0.613 bits per heavy atom. The highest BCUT2D eigenvalue weighted by atomic mass is 127. The van der Waals surface area contributed by atoms with Gasteiger partial charge in [-0.15, -0.1) is 0 Å². The molecule has 1 nitrogen and oxygen atoms in total. The van der Waals surface area contributed by atoms with Crippen LogP contribution in [0, 0.1) is 0 Å². The molecule has 0 N–H and O–H groups in total. The Bertz CT molecular complexity index is 984. The van der Waals surface area contributed by atoms with E-state index in [-0.39, 0.29) is 24.0 Å². The summed E-state index contributed by atoms with van der Waals surface area (Å²) >= 11 is 0. The van der Waals surface area contributed by atoms with E-state index in [0.29, 0.717) is 6.61 Å². The van der Waals surface area contributed by atoms with Gasteiger partial charge in [0, 0.05) is 5.56 Å². The first-order chi connectivity index (χ1) is 14.8. The van der Waals surface area contributed by atoms with Crippen molar-refractivity contribution in [3.63, 3.8) is 0 Å². The molecule has 0 aliphatic rings. The molecule has 0 aliphatic carbocycles. The van der Waals surface area contributed by atoms with Gasteiger partial charge < -0.3 is 28.7 Å². The van der Waals surface area contributed by atoms with Crippen LogP contribution in [0.25, 0.3) is 5.76 Å². The minimum Gasteiger partial charge on any atom is -1.00 e. The van der Waals surface area contributed by atoms with Crippen molar-refractivity contribution in [2.75, 3.05) is 6.61 Å². The van der Waals surface area contributed by atoms with E-state index in [9.17, 15) is 0 Å². The number of hydrogen-bond donors (Lipinski definition) is 0. The van der Waals surface area contributed by atoms with E-state index in [1.807, 2.05) is 13.0 Å². The normalized spacial score (nSPS) is 11.5. The van der Waals surface area contributed by atoms with Crippen molar-refractivity contribution >= 4 is 28.9 Å². The van der Waals surface area contributed by atoms with E-state index >= 15 is 0 Å². The molecule has 0 amide bonds. The van der Waals surface area contributed by atoms with Crippen LogP contribution in [-0.2, 0) is 4.74 Å². The molecule has 0 radical (unpaired) electrons. The van der Waals surface area contributed by atoms with Crippen LogP contribution in [0.5, 0.6) is 0 Å². The lowest BCUT2D eigenvalue weighted by molar-refractivity contribution is -0.00000650. The molecule has 4 aromatic rings. The Hall–Kier alpha value is -2.42. The van der Waals surface area contributed by atoms with Crippen molar-refractivity contribution < 1.29 is 28.7 Å². The zero-order valence-corrected chi connectivity index (χ0v) is 20.6. The molecule has 3 heteroatoms. The average Bonchev–Trinajstić information content (AvgIpc) is 2.84. The van der Waals surface area contributed by atoms with Crippen LogP contribution in [0.4, 0.5) is 0 Å². The van der Waals surface area contributed by atoms with E-state index in [1.54, 1.807) is 0 Å². The fourth-order valence-corrected chi connectivity index (χ4v) is 7.63. The molecule has 4 aromatic carbocycles. The number of benzene rings is 4. The molecule has 4 rings (SSSR count). The summed E-state index contributed by atoms with van der Waals surface area (Å²) in [6.07, 6.45) is 0. The Morgan fingerprint density at radius 2 is 0.968 bits per heavy atom.